The van der Waals surface area contributed by atoms with Crippen LogP contribution in [0.3, 0.4) is 0 Å². The number of carbonyl (C=O) groups is 1. The van der Waals surface area contributed by atoms with E-state index in [4.69, 9.17) is 0 Å². The first-order valence-corrected chi connectivity index (χ1v) is 6.45. The Morgan fingerprint density at radius 2 is 2.26 bits per heavy atom. The van der Waals surface area contributed by atoms with Gasteiger partial charge >= 0.3 is 0 Å². The van der Waals surface area contributed by atoms with E-state index in [1.807, 2.05) is 48.3 Å². The zero-order valence-electron chi connectivity index (χ0n) is 10.9. The summed E-state index contributed by atoms with van der Waals surface area (Å²) in [7, 11) is 1.97. The SMILES string of the molecule is Cn1ccc(CNC(=O)C2Cc3ccccc3N2)c1. The summed E-state index contributed by atoms with van der Waals surface area (Å²) in [6.07, 6.45) is 4.75. The first-order valence-electron chi connectivity index (χ1n) is 6.45. The molecule has 1 atom stereocenters. The number of nitrogens with one attached hydrogen (secondary N) is 2. The van der Waals surface area contributed by atoms with Crippen LogP contribution in [0.1, 0.15) is 11.1 Å². The van der Waals surface area contributed by atoms with Crippen LogP contribution in [0.2, 0.25) is 0 Å². The molecule has 0 aliphatic carbocycles. The van der Waals surface area contributed by atoms with Crippen molar-refractivity contribution in [2.45, 2.75) is 19.0 Å². The Morgan fingerprint density at radius 3 is 3.00 bits per heavy atom. The van der Waals surface area contributed by atoms with Gasteiger partial charge in [0.25, 0.3) is 0 Å². The van der Waals surface area contributed by atoms with Gasteiger partial charge in [-0.25, -0.2) is 0 Å². The van der Waals surface area contributed by atoms with Crippen molar-refractivity contribution in [2.24, 2.45) is 7.05 Å². The molecular formula is C15H17N3O. The van der Waals surface area contributed by atoms with Crippen molar-refractivity contribution in [1.82, 2.24) is 9.88 Å². The molecule has 4 nitrogen and oxygen atoms in total. The maximum atomic E-state index is 12.1. The first kappa shape index (κ1) is 11.8. The number of fused-ring (bicyclic) bond motifs is 1. The van der Waals surface area contributed by atoms with E-state index in [2.05, 4.69) is 16.7 Å². The molecule has 2 N–H and O–H groups in total. The highest BCUT2D eigenvalue weighted by atomic mass is 16.2. The molecule has 0 spiro atoms. The number of rotatable bonds is 3. The van der Waals surface area contributed by atoms with Gasteiger partial charge in [0.05, 0.1) is 0 Å². The van der Waals surface area contributed by atoms with E-state index < -0.39 is 0 Å². The number of para-hydroxylation sites is 1. The normalized spacial score (nSPS) is 16.8. The summed E-state index contributed by atoms with van der Waals surface area (Å²) in [4.78, 5) is 12.1. The number of benzene rings is 1. The molecule has 2 aromatic rings. The second-order valence-electron chi connectivity index (χ2n) is 4.96. The van der Waals surface area contributed by atoms with Gasteiger partial charge in [0.2, 0.25) is 5.91 Å². The van der Waals surface area contributed by atoms with Crippen molar-refractivity contribution in [3.05, 3.63) is 53.9 Å². The number of nitrogens with zero attached hydrogens (tertiary/aromatic N) is 1. The summed E-state index contributed by atoms with van der Waals surface area (Å²) >= 11 is 0. The second kappa shape index (κ2) is 4.80. The van der Waals surface area contributed by atoms with Gasteiger partial charge in [0.15, 0.2) is 0 Å². The Labute approximate surface area is 112 Å². The molecule has 19 heavy (non-hydrogen) atoms. The van der Waals surface area contributed by atoms with Crippen LogP contribution < -0.4 is 10.6 Å². The van der Waals surface area contributed by atoms with Crippen LogP contribution in [-0.4, -0.2) is 16.5 Å². The first-order chi connectivity index (χ1) is 9.22. The Kier molecular flexibility index (Phi) is 2.99. The fourth-order valence-electron chi connectivity index (χ4n) is 2.43. The zero-order chi connectivity index (χ0) is 13.2. The number of hydrogen-bond acceptors (Lipinski definition) is 2. The number of hydrogen-bond donors (Lipinski definition) is 2. The smallest absolute Gasteiger partial charge is 0.243 e. The topological polar surface area (TPSA) is 46.1 Å². The van der Waals surface area contributed by atoms with Gasteiger partial charge in [-0.05, 0) is 23.3 Å². The fraction of sp³-hybridized carbons (Fsp3) is 0.267. The van der Waals surface area contributed by atoms with E-state index in [0.29, 0.717) is 6.54 Å². The van der Waals surface area contributed by atoms with Crippen LogP contribution in [0.15, 0.2) is 42.7 Å². The van der Waals surface area contributed by atoms with Gasteiger partial charge in [0.1, 0.15) is 6.04 Å². The molecular weight excluding hydrogens is 238 g/mol. The van der Waals surface area contributed by atoms with Gasteiger partial charge in [0, 0.05) is 38.1 Å². The molecule has 1 aliphatic rings. The van der Waals surface area contributed by atoms with Crippen molar-refractivity contribution >= 4 is 11.6 Å². The monoisotopic (exact) mass is 255 g/mol. The standard InChI is InChI=1S/C15H17N3O/c1-18-7-6-11(10-18)9-16-15(19)14-8-12-4-2-3-5-13(12)17-14/h2-7,10,14,17H,8-9H2,1H3,(H,16,19). The van der Waals surface area contributed by atoms with E-state index in [1.54, 1.807) is 0 Å². The van der Waals surface area contributed by atoms with Crippen molar-refractivity contribution in [3.63, 3.8) is 0 Å². The molecule has 0 fully saturated rings. The van der Waals surface area contributed by atoms with Crippen LogP contribution in [0.4, 0.5) is 5.69 Å². The highest BCUT2D eigenvalue weighted by molar-refractivity contribution is 5.87. The van der Waals surface area contributed by atoms with E-state index in [-0.39, 0.29) is 11.9 Å². The molecule has 0 bridgehead atoms. The molecule has 1 aromatic heterocycles. The Morgan fingerprint density at radius 1 is 1.42 bits per heavy atom. The fourth-order valence-corrected chi connectivity index (χ4v) is 2.43. The third kappa shape index (κ3) is 2.47. The lowest BCUT2D eigenvalue weighted by atomic mass is 10.1. The van der Waals surface area contributed by atoms with Crippen molar-refractivity contribution in [1.29, 1.82) is 0 Å². The highest BCUT2D eigenvalue weighted by Gasteiger charge is 2.25. The van der Waals surface area contributed by atoms with Crippen LogP contribution >= 0.6 is 0 Å². The lowest BCUT2D eigenvalue weighted by molar-refractivity contribution is -0.121. The minimum absolute atomic E-state index is 0.0556. The third-order valence-corrected chi connectivity index (χ3v) is 3.45. The van der Waals surface area contributed by atoms with E-state index in [1.165, 1.54) is 5.56 Å². The predicted octanol–water partition coefficient (Wildman–Crippen LogP) is 1.68. The maximum Gasteiger partial charge on any atom is 0.243 e. The average Bonchev–Trinajstić information content (AvgIpc) is 3.01. The van der Waals surface area contributed by atoms with Gasteiger partial charge < -0.3 is 15.2 Å². The van der Waals surface area contributed by atoms with Crippen LogP contribution in [-0.2, 0) is 24.8 Å². The molecule has 1 aromatic carbocycles. The number of anilines is 1. The lowest BCUT2D eigenvalue weighted by Gasteiger charge is -2.11. The van der Waals surface area contributed by atoms with Gasteiger partial charge in [-0.1, -0.05) is 18.2 Å². The minimum Gasteiger partial charge on any atom is -0.373 e. The number of aromatic nitrogens is 1. The van der Waals surface area contributed by atoms with E-state index >= 15 is 0 Å². The molecule has 98 valence electrons. The van der Waals surface area contributed by atoms with E-state index in [9.17, 15) is 4.79 Å². The van der Waals surface area contributed by atoms with Crippen LogP contribution in [0.25, 0.3) is 0 Å². The Bertz CT molecular complexity index is 578. The van der Waals surface area contributed by atoms with Gasteiger partial charge in [-0.2, -0.15) is 0 Å². The Hall–Kier alpha value is -2.23. The molecule has 1 unspecified atom stereocenters. The average molecular weight is 255 g/mol. The molecule has 3 rings (SSSR count). The number of aryl methyl sites for hydroxylation is 1. The lowest BCUT2D eigenvalue weighted by Crippen LogP contribution is -2.37. The number of carbonyl (C=O) groups excluding carboxylic acids is 1. The second-order valence-corrected chi connectivity index (χ2v) is 4.96. The summed E-state index contributed by atoms with van der Waals surface area (Å²) < 4.78 is 1.98. The van der Waals surface area contributed by atoms with Crippen LogP contribution in [0, 0.1) is 0 Å². The molecule has 1 aliphatic heterocycles. The summed E-state index contributed by atoms with van der Waals surface area (Å²) in [6.45, 7) is 0.578. The van der Waals surface area contributed by atoms with Gasteiger partial charge in [-0.3, -0.25) is 4.79 Å². The van der Waals surface area contributed by atoms with Crippen molar-refractivity contribution < 1.29 is 4.79 Å². The maximum absolute atomic E-state index is 12.1. The molecule has 1 amide bonds. The molecule has 0 radical (unpaired) electrons. The Balaban J connectivity index is 1.58. The van der Waals surface area contributed by atoms with Crippen LogP contribution in [0.5, 0.6) is 0 Å². The predicted molar refractivity (Wildman–Crippen MR) is 74.8 cm³/mol. The minimum atomic E-state index is -0.152. The van der Waals surface area contributed by atoms with E-state index in [0.717, 1.165) is 17.7 Å². The zero-order valence-corrected chi connectivity index (χ0v) is 10.9. The van der Waals surface area contributed by atoms with Crippen molar-refractivity contribution in [3.8, 4) is 0 Å². The molecule has 0 saturated heterocycles. The highest BCUT2D eigenvalue weighted by Crippen LogP contribution is 2.25. The largest absolute Gasteiger partial charge is 0.373 e. The summed E-state index contributed by atoms with van der Waals surface area (Å²) in [6, 6.07) is 9.92. The summed E-state index contributed by atoms with van der Waals surface area (Å²) in [5.41, 5.74) is 3.40. The molecule has 2 heterocycles. The van der Waals surface area contributed by atoms with Crippen molar-refractivity contribution in [2.75, 3.05) is 5.32 Å². The quantitative estimate of drug-likeness (QED) is 0.876. The molecule has 4 heteroatoms. The number of amides is 1. The summed E-state index contributed by atoms with van der Waals surface area (Å²) in [5, 5.41) is 6.23. The third-order valence-electron chi connectivity index (χ3n) is 3.45. The van der Waals surface area contributed by atoms with Gasteiger partial charge in [-0.15, -0.1) is 0 Å². The summed E-state index contributed by atoms with van der Waals surface area (Å²) in [5.74, 6) is 0.0556. The molecule has 0 saturated carbocycles.